The lowest BCUT2D eigenvalue weighted by molar-refractivity contribution is -0.138. The first kappa shape index (κ1) is 13.2. The van der Waals surface area contributed by atoms with Crippen LogP contribution in [0.25, 0.3) is 0 Å². The van der Waals surface area contributed by atoms with Crippen molar-refractivity contribution in [2.45, 2.75) is 6.54 Å². The van der Waals surface area contributed by atoms with E-state index in [2.05, 4.69) is 11.6 Å². The minimum Gasteiger partial charge on any atom is -0.481 e. The molecule has 0 radical (unpaired) electrons. The van der Waals surface area contributed by atoms with Crippen LogP contribution in [-0.2, 0) is 11.3 Å². The minimum absolute atomic E-state index is 0.0368. The summed E-state index contributed by atoms with van der Waals surface area (Å²) < 4.78 is 5.01. The van der Waals surface area contributed by atoms with Crippen LogP contribution in [0.1, 0.15) is 5.69 Å². The Balaban J connectivity index is 2.70. The molecule has 1 heterocycles. The normalized spacial score (nSPS) is 10.2. The van der Waals surface area contributed by atoms with E-state index in [1.807, 2.05) is 12.1 Å². The molecule has 0 aliphatic rings. The van der Waals surface area contributed by atoms with Crippen molar-refractivity contribution in [3.63, 3.8) is 0 Å². The number of aromatic nitrogens is 1. The Morgan fingerprint density at radius 2 is 2.41 bits per heavy atom. The zero-order valence-electron chi connectivity index (χ0n) is 9.80. The standard InChI is InChI=1S/C12H16N2O3/c1-3-7-14(9-12(15)16)8-10-5-4-6-11(13-10)17-2/h3-6H,1,7-9H2,2H3,(H,15,16). The molecule has 0 bridgehead atoms. The molecule has 0 fully saturated rings. The lowest BCUT2D eigenvalue weighted by Crippen LogP contribution is -2.29. The molecular weight excluding hydrogens is 220 g/mol. The Kier molecular flexibility index (Phi) is 5.16. The van der Waals surface area contributed by atoms with Crippen LogP contribution in [0.4, 0.5) is 0 Å². The molecule has 92 valence electrons. The van der Waals surface area contributed by atoms with E-state index in [1.54, 1.807) is 24.2 Å². The third-order valence-electron chi connectivity index (χ3n) is 2.12. The Morgan fingerprint density at radius 3 is 3.00 bits per heavy atom. The predicted octanol–water partition coefficient (Wildman–Crippen LogP) is 1.16. The summed E-state index contributed by atoms with van der Waals surface area (Å²) in [5.41, 5.74) is 0.771. The summed E-state index contributed by atoms with van der Waals surface area (Å²) in [5, 5.41) is 8.77. The van der Waals surface area contributed by atoms with Crippen LogP contribution in [0, 0.1) is 0 Å². The Bertz CT molecular complexity index is 393. The summed E-state index contributed by atoms with van der Waals surface area (Å²) in [4.78, 5) is 16.6. The van der Waals surface area contributed by atoms with Crippen molar-refractivity contribution in [3.8, 4) is 5.88 Å². The Hall–Kier alpha value is -1.88. The number of ether oxygens (including phenoxy) is 1. The van der Waals surface area contributed by atoms with Gasteiger partial charge in [0.1, 0.15) is 0 Å². The zero-order valence-corrected chi connectivity index (χ0v) is 9.80. The van der Waals surface area contributed by atoms with Crippen LogP contribution < -0.4 is 4.74 Å². The van der Waals surface area contributed by atoms with E-state index < -0.39 is 5.97 Å². The molecule has 0 aromatic carbocycles. The van der Waals surface area contributed by atoms with Crippen molar-refractivity contribution in [3.05, 3.63) is 36.5 Å². The Labute approximate surface area is 100 Å². The highest BCUT2D eigenvalue weighted by molar-refractivity contribution is 5.69. The lowest BCUT2D eigenvalue weighted by atomic mass is 10.3. The van der Waals surface area contributed by atoms with E-state index >= 15 is 0 Å². The molecule has 0 unspecified atom stereocenters. The largest absolute Gasteiger partial charge is 0.481 e. The smallest absolute Gasteiger partial charge is 0.317 e. The molecule has 1 aromatic rings. The van der Waals surface area contributed by atoms with Crippen molar-refractivity contribution in [2.75, 3.05) is 20.2 Å². The molecule has 5 heteroatoms. The van der Waals surface area contributed by atoms with Gasteiger partial charge in [0.15, 0.2) is 0 Å². The van der Waals surface area contributed by atoms with E-state index in [1.165, 1.54) is 0 Å². The van der Waals surface area contributed by atoms with Gasteiger partial charge >= 0.3 is 5.97 Å². The van der Waals surface area contributed by atoms with Crippen LogP contribution in [-0.4, -0.2) is 41.2 Å². The predicted molar refractivity (Wildman–Crippen MR) is 63.9 cm³/mol. The summed E-state index contributed by atoms with van der Waals surface area (Å²) in [6.07, 6.45) is 1.67. The average Bonchev–Trinajstić information content (AvgIpc) is 2.29. The number of aliphatic carboxylic acids is 1. The number of rotatable bonds is 7. The molecule has 1 rings (SSSR count). The molecule has 0 spiro atoms. The second-order valence-corrected chi connectivity index (χ2v) is 3.52. The number of methoxy groups -OCH3 is 1. The SMILES string of the molecule is C=CCN(CC(=O)O)Cc1cccc(OC)n1. The molecule has 1 N–H and O–H groups in total. The van der Waals surface area contributed by atoms with Crippen molar-refractivity contribution >= 4 is 5.97 Å². The molecule has 0 saturated carbocycles. The first-order valence-corrected chi connectivity index (χ1v) is 5.20. The maximum absolute atomic E-state index is 10.7. The molecule has 0 aliphatic heterocycles. The number of hydrogen-bond donors (Lipinski definition) is 1. The van der Waals surface area contributed by atoms with Gasteiger partial charge in [-0.25, -0.2) is 4.98 Å². The number of carboxylic acid groups (broad SMARTS) is 1. The van der Waals surface area contributed by atoms with Gasteiger partial charge in [-0.3, -0.25) is 9.69 Å². The van der Waals surface area contributed by atoms with Crippen LogP contribution in [0.5, 0.6) is 5.88 Å². The summed E-state index contributed by atoms with van der Waals surface area (Å²) >= 11 is 0. The van der Waals surface area contributed by atoms with E-state index in [0.29, 0.717) is 19.0 Å². The quantitative estimate of drug-likeness (QED) is 0.720. The van der Waals surface area contributed by atoms with E-state index in [9.17, 15) is 4.79 Å². The number of hydrogen-bond acceptors (Lipinski definition) is 4. The summed E-state index contributed by atoms with van der Waals surface area (Å²) in [6.45, 7) is 4.53. The maximum atomic E-state index is 10.7. The van der Waals surface area contributed by atoms with Crippen molar-refractivity contribution in [2.24, 2.45) is 0 Å². The summed E-state index contributed by atoms with van der Waals surface area (Å²) in [7, 11) is 1.55. The monoisotopic (exact) mass is 236 g/mol. The van der Waals surface area contributed by atoms with Gasteiger partial charge in [0.25, 0.3) is 0 Å². The van der Waals surface area contributed by atoms with Crippen LogP contribution in [0.15, 0.2) is 30.9 Å². The van der Waals surface area contributed by atoms with Crippen molar-refractivity contribution < 1.29 is 14.6 Å². The topological polar surface area (TPSA) is 62.7 Å². The number of pyridine rings is 1. The van der Waals surface area contributed by atoms with Gasteiger partial charge in [0.05, 0.1) is 19.3 Å². The number of carbonyl (C=O) groups is 1. The van der Waals surface area contributed by atoms with Gasteiger partial charge in [-0.05, 0) is 6.07 Å². The first-order chi connectivity index (χ1) is 8.15. The highest BCUT2D eigenvalue weighted by atomic mass is 16.5. The van der Waals surface area contributed by atoms with Gasteiger partial charge in [0.2, 0.25) is 5.88 Å². The molecular formula is C12H16N2O3. The fourth-order valence-corrected chi connectivity index (χ4v) is 1.45. The number of nitrogens with zero attached hydrogens (tertiary/aromatic N) is 2. The molecule has 5 nitrogen and oxygen atoms in total. The lowest BCUT2D eigenvalue weighted by Gasteiger charge is -2.17. The van der Waals surface area contributed by atoms with Crippen molar-refractivity contribution in [1.29, 1.82) is 0 Å². The molecule has 0 atom stereocenters. The van der Waals surface area contributed by atoms with Crippen LogP contribution in [0.2, 0.25) is 0 Å². The van der Waals surface area contributed by atoms with E-state index in [0.717, 1.165) is 5.69 Å². The Morgan fingerprint density at radius 1 is 1.65 bits per heavy atom. The molecule has 0 amide bonds. The second kappa shape index (κ2) is 6.65. The third kappa shape index (κ3) is 4.65. The molecule has 0 saturated heterocycles. The van der Waals surface area contributed by atoms with E-state index in [4.69, 9.17) is 9.84 Å². The maximum Gasteiger partial charge on any atom is 0.317 e. The van der Waals surface area contributed by atoms with E-state index in [-0.39, 0.29) is 6.54 Å². The first-order valence-electron chi connectivity index (χ1n) is 5.20. The van der Waals surface area contributed by atoms with Gasteiger partial charge in [0, 0.05) is 19.2 Å². The molecule has 1 aromatic heterocycles. The van der Waals surface area contributed by atoms with Crippen LogP contribution >= 0.6 is 0 Å². The summed E-state index contributed by atoms with van der Waals surface area (Å²) in [5.74, 6) is -0.342. The fourth-order valence-electron chi connectivity index (χ4n) is 1.45. The van der Waals surface area contributed by atoms with Crippen LogP contribution in [0.3, 0.4) is 0 Å². The third-order valence-corrected chi connectivity index (χ3v) is 2.12. The molecule has 17 heavy (non-hydrogen) atoms. The highest BCUT2D eigenvalue weighted by Crippen LogP contribution is 2.08. The molecule has 0 aliphatic carbocycles. The van der Waals surface area contributed by atoms with Gasteiger partial charge in [-0.2, -0.15) is 0 Å². The number of carboxylic acids is 1. The second-order valence-electron chi connectivity index (χ2n) is 3.52. The van der Waals surface area contributed by atoms with Gasteiger partial charge in [-0.1, -0.05) is 12.1 Å². The average molecular weight is 236 g/mol. The van der Waals surface area contributed by atoms with Crippen molar-refractivity contribution in [1.82, 2.24) is 9.88 Å². The fraction of sp³-hybridized carbons (Fsp3) is 0.333. The highest BCUT2D eigenvalue weighted by Gasteiger charge is 2.09. The summed E-state index contributed by atoms with van der Waals surface area (Å²) in [6, 6.07) is 5.41. The van der Waals surface area contributed by atoms with Gasteiger partial charge < -0.3 is 9.84 Å². The zero-order chi connectivity index (χ0) is 12.7. The van der Waals surface area contributed by atoms with Gasteiger partial charge in [-0.15, -0.1) is 6.58 Å². The minimum atomic E-state index is -0.866.